The van der Waals surface area contributed by atoms with E-state index in [1.54, 1.807) is 121 Å². The molecule has 11 aromatic rings. The maximum Gasteiger partial charge on any atom is 0.391 e. The molecule has 4 amide bonds. The predicted molar refractivity (Wildman–Crippen MR) is 344 cm³/mol. The van der Waals surface area contributed by atoms with E-state index in [-0.39, 0.29) is 123 Å². The number of ether oxygens (including phenoxy) is 8. The molecule has 4 unspecified atom stereocenters. The molecule has 4 aliphatic heterocycles. The summed E-state index contributed by atoms with van der Waals surface area (Å²) in [5.74, 6) is -9.85. The largest absolute Gasteiger partial charge is 0.457 e. The molecule has 492 valence electrons. The lowest BCUT2D eigenvalue weighted by molar-refractivity contribution is -0.160. The zero-order chi connectivity index (χ0) is 67.7. The molecule has 2 fully saturated rings. The minimum Gasteiger partial charge on any atom is -0.457 e. The van der Waals surface area contributed by atoms with Crippen LogP contribution in [0.15, 0.2) is 194 Å². The molecule has 0 bridgehead atoms. The highest BCUT2D eigenvalue weighted by Crippen LogP contribution is 2.58. The molecular weight excluding hydrogens is 1280 g/mol. The zero-order valence-electron chi connectivity index (χ0n) is 50.9. The highest BCUT2D eigenvalue weighted by atomic mass is 19.4. The number of fused-ring (bicyclic) bond motifs is 2. The summed E-state index contributed by atoms with van der Waals surface area (Å²) in [7, 11) is 0. The number of epoxide rings is 2. The fourth-order valence-corrected chi connectivity index (χ4v) is 12.4. The molecule has 18 nitrogen and oxygen atoms in total. The number of rotatable bonds is 22. The van der Waals surface area contributed by atoms with Crippen molar-refractivity contribution >= 4 is 90.0 Å². The molecule has 98 heavy (non-hydrogen) atoms. The van der Waals surface area contributed by atoms with E-state index in [1.165, 1.54) is 72.8 Å². The van der Waals surface area contributed by atoms with E-state index in [0.29, 0.717) is 37.7 Å². The van der Waals surface area contributed by atoms with Crippen molar-refractivity contribution in [2.24, 2.45) is 0 Å². The average molecular weight is 1330 g/mol. The lowest BCUT2D eigenvalue weighted by atomic mass is 9.80. The zero-order valence-corrected chi connectivity index (χ0v) is 50.9. The Hall–Kier alpha value is -11.8. The molecular formula is C74H50F6N4O14. The van der Waals surface area contributed by atoms with E-state index in [1.807, 2.05) is 0 Å². The normalized spacial score (nSPS) is 16.3. The number of carbonyl (C=O) groups is 6. The van der Waals surface area contributed by atoms with Crippen molar-refractivity contribution in [3.8, 4) is 57.5 Å². The van der Waals surface area contributed by atoms with E-state index in [9.17, 15) is 9.59 Å². The second-order valence-corrected chi connectivity index (χ2v) is 23.5. The molecule has 15 rings (SSSR count). The van der Waals surface area contributed by atoms with E-state index in [0.717, 1.165) is 0 Å². The van der Waals surface area contributed by atoms with Crippen LogP contribution in [-0.4, -0.2) is 108 Å². The molecule has 2 N–H and O–H groups in total. The van der Waals surface area contributed by atoms with Crippen LogP contribution in [0.3, 0.4) is 0 Å². The number of anilines is 2. The third-order valence-electron chi connectivity index (χ3n) is 16.9. The summed E-state index contributed by atoms with van der Waals surface area (Å²) in [6, 6.07) is 42.8. The summed E-state index contributed by atoms with van der Waals surface area (Å²) in [6.07, 6.45) is -14.5. The smallest absolute Gasteiger partial charge is 0.391 e. The number of hydrogen-bond acceptors (Lipinski definition) is 16. The van der Waals surface area contributed by atoms with Gasteiger partial charge in [0, 0.05) is 67.6 Å². The first-order valence-electron chi connectivity index (χ1n) is 30.8. The van der Waals surface area contributed by atoms with Crippen LogP contribution in [-0.2, 0) is 19.1 Å². The Kier molecular flexibility index (Phi) is 15.8. The van der Waals surface area contributed by atoms with Gasteiger partial charge in [-0.3, -0.25) is 29.0 Å². The number of para-hydroxylation sites is 4. The summed E-state index contributed by atoms with van der Waals surface area (Å²) < 4.78 is 140. The molecule has 0 aromatic heterocycles. The molecule has 4 atom stereocenters. The molecule has 2 saturated heterocycles. The first kappa shape index (κ1) is 62.4. The van der Waals surface area contributed by atoms with Gasteiger partial charge in [-0.15, -0.1) is 0 Å². The maximum absolute atomic E-state index is 15.8. The highest BCUT2D eigenvalue weighted by Gasteiger charge is 2.51. The molecule has 4 heterocycles. The molecule has 24 heteroatoms. The van der Waals surface area contributed by atoms with Gasteiger partial charge in [-0.25, -0.2) is 9.59 Å². The van der Waals surface area contributed by atoms with Crippen LogP contribution < -0.4 is 39.1 Å². The van der Waals surface area contributed by atoms with Gasteiger partial charge in [0.15, 0.2) is 0 Å². The number of imide groups is 2. The molecule has 0 saturated carbocycles. The van der Waals surface area contributed by atoms with E-state index >= 15 is 45.5 Å². The number of hydrogen-bond donors (Lipinski definition) is 2. The maximum atomic E-state index is 15.8. The fourth-order valence-electron chi connectivity index (χ4n) is 12.4. The Morgan fingerprint density at radius 1 is 0.388 bits per heavy atom. The fraction of sp³-hybridized carbons (Fsp3) is 0.162. The average Bonchev–Trinajstić information content (AvgIpc) is 1.30. The van der Waals surface area contributed by atoms with Gasteiger partial charge in [-0.05, 0) is 121 Å². The van der Waals surface area contributed by atoms with Crippen molar-refractivity contribution in [2.75, 3.05) is 36.9 Å². The summed E-state index contributed by atoms with van der Waals surface area (Å²) in [5.41, 5.74) is -0.705. The van der Waals surface area contributed by atoms with Gasteiger partial charge in [0.2, 0.25) is 0 Å². The van der Waals surface area contributed by atoms with E-state index < -0.39 is 95.1 Å². The van der Waals surface area contributed by atoms with E-state index in [4.69, 9.17) is 37.9 Å². The summed E-state index contributed by atoms with van der Waals surface area (Å²) in [5, 5.41) is 5.56. The van der Waals surface area contributed by atoms with Crippen LogP contribution in [0.2, 0.25) is 0 Å². The second-order valence-electron chi connectivity index (χ2n) is 23.5. The molecule has 4 aliphatic rings. The molecule has 11 aromatic carbocycles. The molecule has 0 aliphatic carbocycles. The van der Waals surface area contributed by atoms with Gasteiger partial charge in [0.05, 0.1) is 60.5 Å². The van der Waals surface area contributed by atoms with Crippen molar-refractivity contribution in [3.63, 3.8) is 0 Å². The summed E-state index contributed by atoms with van der Waals surface area (Å²) in [6.45, 7) is 2.04. The van der Waals surface area contributed by atoms with Crippen molar-refractivity contribution in [1.29, 1.82) is 0 Å². The molecule has 0 radical (unpaired) electrons. The number of amides is 4. The SMILES string of the molecule is O=C(Oc1ccc(NCC2CO2)cc1)C(CC(F)(F)F)N1C(=O)c2cc(Oc3ccccc3)c3c4c(Oc5ccccc5)cc5c6c(cc(Oc7ccccc7)c(c7c(Oc8ccccc8)cc(c2c37)C1=O)c64)C(=O)N(C(CC(F)(F)F)C(=O)Oc1ccc(NCC2CO2)cc1)C5=O. The lowest BCUT2D eigenvalue weighted by Gasteiger charge is -2.35. The number of carbonyl (C=O) groups excluding carboxylic acids is 6. The van der Waals surface area contributed by atoms with Crippen LogP contribution in [0.5, 0.6) is 57.5 Å². The first-order valence-corrected chi connectivity index (χ1v) is 30.8. The van der Waals surface area contributed by atoms with Crippen molar-refractivity contribution in [2.45, 2.75) is 49.5 Å². The van der Waals surface area contributed by atoms with Crippen molar-refractivity contribution in [3.05, 3.63) is 216 Å². The van der Waals surface area contributed by atoms with Gasteiger partial charge in [0.1, 0.15) is 69.6 Å². The number of nitrogens with zero attached hydrogens (tertiary/aromatic N) is 2. The van der Waals surface area contributed by atoms with Crippen molar-refractivity contribution < 1.29 is 93.0 Å². The topological polar surface area (TPSA) is 213 Å². The van der Waals surface area contributed by atoms with Gasteiger partial charge < -0.3 is 48.5 Å². The number of halogens is 6. The van der Waals surface area contributed by atoms with Crippen LogP contribution in [0, 0.1) is 0 Å². The minimum atomic E-state index is -5.21. The second kappa shape index (κ2) is 24.8. The number of esters is 2. The molecule has 0 spiro atoms. The third kappa shape index (κ3) is 12.3. The predicted octanol–water partition coefficient (Wildman–Crippen LogP) is 15.6. The standard InChI is InChI=1S/C74H50F6N4O14/c75-73(76,77)33-53(71(89)97-45-25-21-39(22-26-45)81-35-47-37-91-47)83-67(85)49-29-55(93-41-13-5-1-6-14-41)61-62-56(94-42-15-7-2-8-16-42)30-51-60-52(70(88)84(69(51)87)54(34-74(78,79)80)72(90)98-46-27-23-40(24-28-46)82-36-48-38-92-48)32-58(96-44-19-11-4-12-20-44)64(66(60)62)63-57(95-43-17-9-3-10-18-43)31-50(68(83)86)59(49)65(61)63/h1-32,47-48,53-54,81-82H,33-38H2. The Morgan fingerprint density at radius 2 is 0.653 bits per heavy atom. The summed E-state index contributed by atoms with van der Waals surface area (Å²) in [4.78, 5) is 92.7. The Labute approximate surface area is 551 Å². The van der Waals surface area contributed by atoms with Crippen LogP contribution >= 0.6 is 0 Å². The van der Waals surface area contributed by atoms with Crippen LogP contribution in [0.4, 0.5) is 37.7 Å². The Morgan fingerprint density at radius 3 is 0.898 bits per heavy atom. The van der Waals surface area contributed by atoms with Crippen LogP contribution in [0.1, 0.15) is 54.3 Å². The Balaban J connectivity index is 0.994. The Bertz CT molecular complexity index is 4480. The van der Waals surface area contributed by atoms with Gasteiger partial charge >= 0.3 is 24.3 Å². The monoisotopic (exact) mass is 1330 g/mol. The van der Waals surface area contributed by atoms with E-state index in [2.05, 4.69) is 10.6 Å². The van der Waals surface area contributed by atoms with Crippen LogP contribution in [0.25, 0.3) is 43.1 Å². The lowest BCUT2D eigenvalue weighted by Crippen LogP contribution is -2.53. The van der Waals surface area contributed by atoms with Gasteiger partial charge in [-0.2, -0.15) is 26.3 Å². The first-order chi connectivity index (χ1) is 47.3. The van der Waals surface area contributed by atoms with Gasteiger partial charge in [0.25, 0.3) is 23.6 Å². The summed E-state index contributed by atoms with van der Waals surface area (Å²) >= 11 is 0. The van der Waals surface area contributed by atoms with Gasteiger partial charge in [-0.1, -0.05) is 72.8 Å². The number of alkyl halides is 6. The number of nitrogens with one attached hydrogen (secondary N) is 2. The van der Waals surface area contributed by atoms with Crippen molar-refractivity contribution in [1.82, 2.24) is 9.80 Å². The number of benzene rings is 11. The third-order valence-corrected chi connectivity index (χ3v) is 16.9. The quantitative estimate of drug-likeness (QED) is 0.0123. The minimum absolute atomic E-state index is 0.00458. The highest BCUT2D eigenvalue weighted by molar-refractivity contribution is 6.45.